The smallest absolute Gasteiger partial charge is 0.247 e. The summed E-state index contributed by atoms with van der Waals surface area (Å²) in [7, 11) is 0. The SMILES string of the molecule is C[C@H](CNC1CCN(c2cc(C#N)cc(Nc3nc(NC4CC4)c4ncc(C#N)n4n3)c2Cl)CC1)C(C)(C)O. The molecule has 12 heteroatoms. The highest BCUT2D eigenvalue weighted by atomic mass is 35.5. The number of aliphatic hydroxyl groups is 1. The molecular formula is C27H33ClN10O. The average Bonchev–Trinajstić information content (AvgIpc) is 3.64. The lowest BCUT2D eigenvalue weighted by Gasteiger charge is -2.36. The van der Waals surface area contributed by atoms with Gasteiger partial charge in [-0.1, -0.05) is 18.5 Å². The molecule has 3 aromatic rings. The van der Waals surface area contributed by atoms with Crippen molar-refractivity contribution in [1.82, 2.24) is 24.9 Å². The first-order valence-electron chi connectivity index (χ1n) is 13.3. The van der Waals surface area contributed by atoms with Gasteiger partial charge in [0.15, 0.2) is 17.2 Å². The molecule has 0 amide bonds. The molecule has 11 nitrogen and oxygen atoms in total. The van der Waals surface area contributed by atoms with E-state index in [-0.39, 0.29) is 11.9 Å². The van der Waals surface area contributed by atoms with E-state index < -0.39 is 5.60 Å². The number of nitriles is 2. The number of aromatic nitrogens is 4. The molecule has 0 spiro atoms. The van der Waals surface area contributed by atoms with Crippen LogP contribution in [-0.2, 0) is 0 Å². The Morgan fingerprint density at radius 3 is 2.54 bits per heavy atom. The second-order valence-electron chi connectivity index (χ2n) is 11.0. The zero-order chi connectivity index (χ0) is 27.7. The molecule has 0 radical (unpaired) electrons. The molecule has 2 aromatic heterocycles. The van der Waals surface area contributed by atoms with E-state index in [1.54, 1.807) is 6.07 Å². The predicted octanol–water partition coefficient (Wildman–Crippen LogP) is 3.80. The van der Waals surface area contributed by atoms with Crippen molar-refractivity contribution in [3.8, 4) is 12.1 Å². The van der Waals surface area contributed by atoms with Crippen LogP contribution in [-0.4, -0.2) is 62.0 Å². The van der Waals surface area contributed by atoms with Gasteiger partial charge in [0.25, 0.3) is 0 Å². The molecule has 1 aliphatic heterocycles. The highest BCUT2D eigenvalue weighted by Gasteiger charge is 2.27. The fourth-order valence-electron chi connectivity index (χ4n) is 4.56. The van der Waals surface area contributed by atoms with E-state index in [0.717, 1.165) is 51.0 Å². The van der Waals surface area contributed by atoms with Crippen LogP contribution in [0.1, 0.15) is 57.7 Å². The lowest BCUT2D eigenvalue weighted by atomic mass is 9.92. The molecule has 2 fully saturated rings. The molecule has 1 saturated carbocycles. The van der Waals surface area contributed by atoms with E-state index in [9.17, 15) is 15.6 Å². The molecule has 2 aliphatic rings. The number of anilines is 4. The Morgan fingerprint density at radius 1 is 1.15 bits per heavy atom. The topological polar surface area (TPSA) is 150 Å². The van der Waals surface area contributed by atoms with Crippen molar-refractivity contribution in [1.29, 1.82) is 10.5 Å². The Bertz CT molecular complexity index is 1440. The van der Waals surface area contributed by atoms with Crippen LogP contribution in [0, 0.1) is 28.6 Å². The molecule has 1 aliphatic carbocycles. The number of halogens is 1. The van der Waals surface area contributed by atoms with Gasteiger partial charge in [-0.25, -0.2) is 4.98 Å². The zero-order valence-electron chi connectivity index (χ0n) is 22.4. The van der Waals surface area contributed by atoms with Crippen molar-refractivity contribution >= 4 is 40.4 Å². The summed E-state index contributed by atoms with van der Waals surface area (Å²) in [5.74, 6) is 0.920. The Kier molecular flexibility index (Phi) is 7.50. The molecule has 1 atom stereocenters. The van der Waals surface area contributed by atoms with Crippen molar-refractivity contribution in [2.45, 2.75) is 64.1 Å². The summed E-state index contributed by atoms with van der Waals surface area (Å²) in [5.41, 5.74) is 1.81. The summed E-state index contributed by atoms with van der Waals surface area (Å²) in [5, 5.41) is 44.5. The summed E-state index contributed by atoms with van der Waals surface area (Å²) in [6, 6.07) is 8.50. The molecule has 3 heterocycles. The maximum Gasteiger partial charge on any atom is 0.247 e. The van der Waals surface area contributed by atoms with Gasteiger partial charge >= 0.3 is 0 Å². The van der Waals surface area contributed by atoms with Crippen molar-refractivity contribution in [2.75, 3.05) is 35.2 Å². The second kappa shape index (κ2) is 10.9. The Morgan fingerprint density at radius 2 is 1.90 bits per heavy atom. The first kappa shape index (κ1) is 26.9. The molecule has 4 N–H and O–H groups in total. The van der Waals surface area contributed by atoms with Gasteiger partial charge in [-0.2, -0.15) is 20.0 Å². The van der Waals surface area contributed by atoms with Gasteiger partial charge in [-0.3, -0.25) is 0 Å². The number of fused-ring (bicyclic) bond motifs is 1. The number of benzene rings is 1. The van der Waals surface area contributed by atoms with Crippen LogP contribution >= 0.6 is 11.6 Å². The fourth-order valence-corrected chi connectivity index (χ4v) is 4.84. The first-order valence-corrected chi connectivity index (χ1v) is 13.7. The van der Waals surface area contributed by atoms with Gasteiger partial charge in [0.05, 0.1) is 39.8 Å². The van der Waals surface area contributed by atoms with Crippen LogP contribution in [0.4, 0.5) is 23.1 Å². The van der Waals surface area contributed by atoms with E-state index in [0.29, 0.717) is 45.5 Å². The van der Waals surface area contributed by atoms with Crippen molar-refractivity contribution < 1.29 is 5.11 Å². The predicted molar refractivity (Wildman–Crippen MR) is 150 cm³/mol. The summed E-state index contributed by atoms with van der Waals surface area (Å²) < 4.78 is 1.46. The number of piperidine rings is 1. The van der Waals surface area contributed by atoms with Crippen molar-refractivity contribution in [2.24, 2.45) is 5.92 Å². The molecule has 0 bridgehead atoms. The Hall–Kier alpha value is -3.64. The van der Waals surface area contributed by atoms with E-state index in [1.807, 2.05) is 26.8 Å². The largest absolute Gasteiger partial charge is 0.390 e. The lowest BCUT2D eigenvalue weighted by Crippen LogP contribution is -2.46. The fraction of sp³-hybridized carbons (Fsp3) is 0.519. The van der Waals surface area contributed by atoms with Gasteiger partial charge in [-0.15, -0.1) is 5.10 Å². The van der Waals surface area contributed by atoms with Crippen molar-refractivity contribution in [3.05, 3.63) is 34.6 Å². The zero-order valence-corrected chi connectivity index (χ0v) is 23.1. The minimum absolute atomic E-state index is 0.138. The third-order valence-corrected chi connectivity index (χ3v) is 7.98. The second-order valence-corrected chi connectivity index (χ2v) is 11.4. The van der Waals surface area contributed by atoms with Crippen LogP contribution in [0.25, 0.3) is 5.65 Å². The number of nitrogens with zero attached hydrogens (tertiary/aromatic N) is 7. The molecule has 0 unspecified atom stereocenters. The molecule has 204 valence electrons. The number of hydrogen-bond donors (Lipinski definition) is 4. The van der Waals surface area contributed by atoms with E-state index in [2.05, 4.69) is 48.1 Å². The van der Waals surface area contributed by atoms with Crippen LogP contribution in [0.3, 0.4) is 0 Å². The molecule has 1 saturated heterocycles. The van der Waals surface area contributed by atoms with Crippen LogP contribution < -0.4 is 20.9 Å². The third kappa shape index (κ3) is 6.01. The van der Waals surface area contributed by atoms with Gasteiger partial charge in [0.1, 0.15) is 6.07 Å². The third-order valence-electron chi connectivity index (χ3n) is 7.58. The average molecular weight is 549 g/mol. The number of nitrogens with one attached hydrogen (secondary N) is 3. The van der Waals surface area contributed by atoms with Crippen LogP contribution in [0.15, 0.2) is 18.3 Å². The maximum atomic E-state index is 10.2. The summed E-state index contributed by atoms with van der Waals surface area (Å²) in [4.78, 5) is 11.1. The molecule has 39 heavy (non-hydrogen) atoms. The van der Waals surface area contributed by atoms with Gasteiger partial charge in [0.2, 0.25) is 5.95 Å². The molecule has 1 aromatic carbocycles. The summed E-state index contributed by atoms with van der Waals surface area (Å²) in [6.07, 6.45) is 5.41. The Labute approximate surface area is 232 Å². The maximum absolute atomic E-state index is 10.2. The Balaban J connectivity index is 1.36. The minimum atomic E-state index is -0.723. The van der Waals surface area contributed by atoms with Crippen LogP contribution in [0.5, 0.6) is 0 Å². The minimum Gasteiger partial charge on any atom is -0.390 e. The lowest BCUT2D eigenvalue weighted by molar-refractivity contribution is 0.0238. The highest BCUT2D eigenvalue weighted by molar-refractivity contribution is 6.36. The number of rotatable bonds is 9. The van der Waals surface area contributed by atoms with Gasteiger partial charge < -0.3 is 26.0 Å². The van der Waals surface area contributed by atoms with E-state index in [1.165, 1.54) is 10.7 Å². The number of imidazole rings is 1. The molecular weight excluding hydrogens is 516 g/mol. The summed E-state index contributed by atoms with van der Waals surface area (Å²) >= 11 is 6.90. The highest BCUT2D eigenvalue weighted by Crippen LogP contribution is 2.37. The normalized spacial score (nSPS) is 17.1. The molecule has 5 rings (SSSR count). The standard InChI is InChI=1S/C27H33ClN10O/c1-16(27(2,3)39)14-31-18-6-8-37(9-7-18)22-11-17(12-29)10-21(23(22)28)34-26-35-24(33-19-4-5-19)25-32-15-20(13-30)38(25)36-26/h10-11,15-16,18-19,31,39H,4-9,14H2,1-3H3,(H2,33,34,35,36)/t16-/m1/s1. The summed E-state index contributed by atoms with van der Waals surface area (Å²) in [6.45, 7) is 8.03. The van der Waals surface area contributed by atoms with Crippen molar-refractivity contribution in [3.63, 3.8) is 0 Å². The quantitative estimate of drug-likeness (QED) is 0.311. The van der Waals surface area contributed by atoms with Crippen LogP contribution in [0.2, 0.25) is 5.02 Å². The number of hydrogen-bond acceptors (Lipinski definition) is 10. The van der Waals surface area contributed by atoms with Gasteiger partial charge in [0, 0.05) is 31.7 Å². The van der Waals surface area contributed by atoms with E-state index >= 15 is 0 Å². The monoisotopic (exact) mass is 548 g/mol. The first-order chi connectivity index (χ1) is 18.7. The van der Waals surface area contributed by atoms with Gasteiger partial charge in [-0.05, 0) is 57.6 Å². The van der Waals surface area contributed by atoms with E-state index in [4.69, 9.17) is 11.6 Å².